The molecule has 6 nitrogen and oxygen atoms in total. The zero-order valence-corrected chi connectivity index (χ0v) is 15.8. The number of nitrogens with one attached hydrogen (secondary N) is 1. The number of furan rings is 1. The fourth-order valence-corrected chi connectivity index (χ4v) is 2.78. The molecule has 2 aromatic carbocycles. The predicted octanol–water partition coefficient (Wildman–Crippen LogP) is 4.77. The number of hydrogen-bond donors (Lipinski definition) is 1. The van der Waals surface area contributed by atoms with E-state index in [0.717, 1.165) is 22.6 Å². The van der Waals surface area contributed by atoms with Gasteiger partial charge in [0.1, 0.15) is 17.3 Å². The molecular formula is C23H19N3O3. The standard InChI is InChI=1S/C23H19N3O3/c1-16-7-12-21(28-16)15-24-22(27)18-10-8-17(9-11-18)19-13-25-23(26-14-19)29-20-5-3-2-4-6-20/h2-14H,15H2,1H3,(H,24,27). The van der Waals surface area contributed by atoms with E-state index in [1.165, 1.54) is 0 Å². The number of rotatable bonds is 6. The number of aryl methyl sites for hydroxylation is 1. The normalized spacial score (nSPS) is 10.5. The predicted molar refractivity (Wildman–Crippen MR) is 109 cm³/mol. The van der Waals surface area contributed by atoms with Crippen molar-refractivity contribution in [1.29, 1.82) is 0 Å². The largest absolute Gasteiger partial charge is 0.465 e. The minimum atomic E-state index is -0.159. The van der Waals surface area contributed by atoms with E-state index in [9.17, 15) is 4.79 Å². The van der Waals surface area contributed by atoms with Crippen LogP contribution in [0.25, 0.3) is 11.1 Å². The van der Waals surface area contributed by atoms with Gasteiger partial charge in [0, 0.05) is 23.5 Å². The molecule has 0 saturated carbocycles. The van der Waals surface area contributed by atoms with Gasteiger partial charge in [-0.25, -0.2) is 9.97 Å². The Morgan fingerprint density at radius 3 is 2.31 bits per heavy atom. The summed E-state index contributed by atoms with van der Waals surface area (Å²) < 4.78 is 11.1. The van der Waals surface area contributed by atoms with Gasteiger partial charge in [-0.3, -0.25) is 4.79 Å². The lowest BCUT2D eigenvalue weighted by atomic mass is 10.1. The van der Waals surface area contributed by atoms with Gasteiger partial charge in [-0.05, 0) is 48.9 Å². The van der Waals surface area contributed by atoms with Gasteiger partial charge in [-0.1, -0.05) is 30.3 Å². The Bertz CT molecular complexity index is 1090. The molecular weight excluding hydrogens is 366 g/mol. The zero-order chi connectivity index (χ0) is 20.1. The molecule has 0 atom stereocenters. The fraction of sp³-hybridized carbons (Fsp3) is 0.0870. The van der Waals surface area contributed by atoms with Gasteiger partial charge < -0.3 is 14.5 Å². The van der Waals surface area contributed by atoms with Crippen molar-refractivity contribution in [3.05, 3.63) is 96.2 Å². The van der Waals surface area contributed by atoms with Crippen molar-refractivity contribution in [3.8, 4) is 22.9 Å². The van der Waals surface area contributed by atoms with Crippen molar-refractivity contribution in [2.75, 3.05) is 0 Å². The third-order valence-electron chi connectivity index (χ3n) is 4.28. The summed E-state index contributed by atoms with van der Waals surface area (Å²) in [5, 5.41) is 2.84. The summed E-state index contributed by atoms with van der Waals surface area (Å²) in [4.78, 5) is 20.8. The second-order valence-corrected chi connectivity index (χ2v) is 6.44. The van der Waals surface area contributed by atoms with Gasteiger partial charge in [0.15, 0.2) is 0 Å². The molecule has 0 spiro atoms. The van der Waals surface area contributed by atoms with Gasteiger partial charge in [-0.15, -0.1) is 0 Å². The van der Waals surface area contributed by atoms with E-state index in [1.54, 1.807) is 24.5 Å². The highest BCUT2D eigenvalue weighted by Crippen LogP contribution is 2.21. The van der Waals surface area contributed by atoms with Crippen LogP contribution < -0.4 is 10.1 Å². The average Bonchev–Trinajstić information content (AvgIpc) is 3.19. The minimum Gasteiger partial charge on any atom is -0.465 e. The first-order valence-corrected chi connectivity index (χ1v) is 9.16. The van der Waals surface area contributed by atoms with Crippen LogP contribution in [0.5, 0.6) is 11.8 Å². The molecule has 0 aliphatic heterocycles. The smallest absolute Gasteiger partial charge is 0.321 e. The number of ether oxygens (including phenoxy) is 1. The van der Waals surface area contributed by atoms with Crippen molar-refractivity contribution >= 4 is 5.91 Å². The third-order valence-corrected chi connectivity index (χ3v) is 4.28. The summed E-state index contributed by atoms with van der Waals surface area (Å²) in [6.45, 7) is 2.22. The highest BCUT2D eigenvalue weighted by Gasteiger charge is 2.08. The Morgan fingerprint density at radius 1 is 0.931 bits per heavy atom. The van der Waals surface area contributed by atoms with Crippen LogP contribution in [0.1, 0.15) is 21.9 Å². The molecule has 0 aliphatic carbocycles. The topological polar surface area (TPSA) is 77.2 Å². The van der Waals surface area contributed by atoms with Gasteiger partial charge >= 0.3 is 6.01 Å². The number of carbonyl (C=O) groups excluding carboxylic acids is 1. The van der Waals surface area contributed by atoms with Crippen LogP contribution in [0, 0.1) is 6.92 Å². The number of aromatic nitrogens is 2. The summed E-state index contributed by atoms with van der Waals surface area (Å²) in [5.41, 5.74) is 2.32. The van der Waals surface area contributed by atoms with E-state index < -0.39 is 0 Å². The maximum atomic E-state index is 12.3. The minimum absolute atomic E-state index is 0.159. The van der Waals surface area contributed by atoms with E-state index in [-0.39, 0.29) is 11.9 Å². The van der Waals surface area contributed by atoms with E-state index in [0.29, 0.717) is 17.9 Å². The number of hydrogen-bond acceptors (Lipinski definition) is 5. The Labute approximate surface area is 168 Å². The van der Waals surface area contributed by atoms with Crippen LogP contribution in [-0.2, 0) is 6.54 Å². The average molecular weight is 385 g/mol. The van der Waals surface area contributed by atoms with Crippen molar-refractivity contribution in [2.45, 2.75) is 13.5 Å². The van der Waals surface area contributed by atoms with E-state index in [4.69, 9.17) is 9.15 Å². The lowest BCUT2D eigenvalue weighted by Gasteiger charge is -2.06. The Morgan fingerprint density at radius 2 is 1.66 bits per heavy atom. The molecule has 2 aromatic heterocycles. The van der Waals surface area contributed by atoms with Crippen LogP contribution in [0.15, 0.2) is 83.5 Å². The molecule has 0 fully saturated rings. The molecule has 144 valence electrons. The van der Waals surface area contributed by atoms with Gasteiger partial charge in [0.2, 0.25) is 0 Å². The molecule has 6 heteroatoms. The number of para-hydroxylation sites is 1. The molecule has 0 unspecified atom stereocenters. The molecule has 29 heavy (non-hydrogen) atoms. The van der Waals surface area contributed by atoms with Gasteiger partial charge in [0.25, 0.3) is 5.91 Å². The molecule has 2 heterocycles. The van der Waals surface area contributed by atoms with E-state index in [2.05, 4.69) is 15.3 Å². The first kappa shape index (κ1) is 18.4. The van der Waals surface area contributed by atoms with E-state index >= 15 is 0 Å². The maximum Gasteiger partial charge on any atom is 0.321 e. The Hall–Kier alpha value is -3.93. The lowest BCUT2D eigenvalue weighted by Crippen LogP contribution is -2.22. The van der Waals surface area contributed by atoms with Crippen molar-refractivity contribution < 1.29 is 13.9 Å². The summed E-state index contributed by atoms with van der Waals surface area (Å²) in [6, 6.07) is 20.6. The van der Waals surface area contributed by atoms with Crippen LogP contribution in [-0.4, -0.2) is 15.9 Å². The first-order chi connectivity index (χ1) is 14.2. The molecule has 4 aromatic rings. The van der Waals surface area contributed by atoms with Crippen LogP contribution >= 0.6 is 0 Å². The van der Waals surface area contributed by atoms with Crippen LogP contribution in [0.4, 0.5) is 0 Å². The summed E-state index contributed by atoms with van der Waals surface area (Å²) in [7, 11) is 0. The zero-order valence-electron chi connectivity index (χ0n) is 15.8. The van der Waals surface area contributed by atoms with Crippen molar-refractivity contribution in [3.63, 3.8) is 0 Å². The Balaban J connectivity index is 1.38. The summed E-state index contributed by atoms with van der Waals surface area (Å²) >= 11 is 0. The number of amides is 1. The second-order valence-electron chi connectivity index (χ2n) is 6.44. The van der Waals surface area contributed by atoms with Crippen LogP contribution in [0.2, 0.25) is 0 Å². The maximum absolute atomic E-state index is 12.3. The summed E-state index contributed by atoms with van der Waals surface area (Å²) in [6.07, 6.45) is 3.39. The highest BCUT2D eigenvalue weighted by atomic mass is 16.5. The SMILES string of the molecule is Cc1ccc(CNC(=O)c2ccc(-c3cnc(Oc4ccccc4)nc3)cc2)o1. The monoisotopic (exact) mass is 385 g/mol. The fourth-order valence-electron chi connectivity index (χ4n) is 2.78. The molecule has 0 radical (unpaired) electrons. The van der Waals surface area contributed by atoms with Crippen LogP contribution in [0.3, 0.4) is 0 Å². The third kappa shape index (κ3) is 4.68. The molecule has 0 bridgehead atoms. The second kappa shape index (κ2) is 8.39. The molecule has 1 amide bonds. The number of benzene rings is 2. The summed E-state index contributed by atoms with van der Waals surface area (Å²) in [5.74, 6) is 2.07. The molecule has 0 aliphatic rings. The number of nitrogens with zero attached hydrogens (tertiary/aromatic N) is 2. The van der Waals surface area contributed by atoms with Crippen molar-refractivity contribution in [1.82, 2.24) is 15.3 Å². The molecule has 1 N–H and O–H groups in total. The van der Waals surface area contributed by atoms with Crippen molar-refractivity contribution in [2.24, 2.45) is 0 Å². The molecule has 4 rings (SSSR count). The lowest BCUT2D eigenvalue weighted by molar-refractivity contribution is 0.0948. The molecule has 0 saturated heterocycles. The quantitative estimate of drug-likeness (QED) is 0.517. The first-order valence-electron chi connectivity index (χ1n) is 9.16. The van der Waals surface area contributed by atoms with Gasteiger partial charge in [-0.2, -0.15) is 0 Å². The Kier molecular flexibility index (Phi) is 5.33. The highest BCUT2D eigenvalue weighted by molar-refractivity contribution is 5.94. The van der Waals surface area contributed by atoms with Gasteiger partial charge in [0.05, 0.1) is 6.54 Å². The van der Waals surface area contributed by atoms with E-state index in [1.807, 2.05) is 61.5 Å². The number of carbonyl (C=O) groups is 1.